The maximum atomic E-state index is 10.5. The number of aliphatic hydroxyl groups is 1. The van der Waals surface area contributed by atoms with Gasteiger partial charge in [0.25, 0.3) is 0 Å². The molecule has 1 saturated heterocycles. The summed E-state index contributed by atoms with van der Waals surface area (Å²) in [5.41, 5.74) is 3.24. The van der Waals surface area contributed by atoms with Crippen LogP contribution in [0.25, 0.3) is 0 Å². The van der Waals surface area contributed by atoms with E-state index in [1.807, 2.05) is 0 Å². The van der Waals surface area contributed by atoms with Crippen molar-refractivity contribution in [3.63, 3.8) is 0 Å². The van der Waals surface area contributed by atoms with Gasteiger partial charge >= 0.3 is 0 Å². The topological polar surface area (TPSA) is 29.5 Å². The van der Waals surface area contributed by atoms with Crippen LogP contribution in [0.4, 0.5) is 0 Å². The molecule has 1 aromatic rings. The molecular formula is C14H20O2. The first kappa shape index (κ1) is 11.6. The lowest BCUT2D eigenvalue weighted by Crippen LogP contribution is -2.38. The summed E-state index contributed by atoms with van der Waals surface area (Å²) in [6, 6.07) is 6.43. The second-order valence-corrected chi connectivity index (χ2v) is 4.94. The Labute approximate surface area is 97.3 Å². The molecule has 2 rings (SSSR count). The minimum Gasteiger partial charge on any atom is -0.389 e. The number of hydrogen-bond acceptors (Lipinski definition) is 2. The molecule has 0 aliphatic carbocycles. The van der Waals surface area contributed by atoms with Crippen molar-refractivity contribution in [2.24, 2.45) is 0 Å². The van der Waals surface area contributed by atoms with Gasteiger partial charge in [0.2, 0.25) is 0 Å². The summed E-state index contributed by atoms with van der Waals surface area (Å²) in [7, 11) is 0. The third-order valence-corrected chi connectivity index (χ3v) is 3.45. The van der Waals surface area contributed by atoms with E-state index in [-0.39, 0.29) is 0 Å². The lowest BCUT2D eigenvalue weighted by Gasteiger charge is -2.32. The molecule has 0 radical (unpaired) electrons. The number of hydrogen-bond donors (Lipinski definition) is 1. The fraction of sp³-hybridized carbons (Fsp3) is 0.571. The van der Waals surface area contributed by atoms with E-state index in [1.165, 1.54) is 16.7 Å². The second-order valence-electron chi connectivity index (χ2n) is 4.94. The summed E-state index contributed by atoms with van der Waals surface area (Å²) in [6.07, 6.45) is 2.25. The van der Waals surface area contributed by atoms with E-state index in [9.17, 15) is 5.11 Å². The first-order valence-electron chi connectivity index (χ1n) is 5.95. The van der Waals surface area contributed by atoms with Crippen molar-refractivity contribution in [2.75, 3.05) is 13.2 Å². The number of aryl methyl sites for hydroxylation is 2. The van der Waals surface area contributed by atoms with E-state index in [0.717, 1.165) is 19.3 Å². The van der Waals surface area contributed by atoms with Crippen LogP contribution in [0.3, 0.4) is 0 Å². The predicted octanol–water partition coefficient (Wildman–Crippen LogP) is 2.39. The SMILES string of the molecule is Cc1ccc(C)c(CC2(O)CCOCC2)c1. The highest BCUT2D eigenvalue weighted by molar-refractivity contribution is 5.31. The second kappa shape index (κ2) is 4.56. The van der Waals surface area contributed by atoms with Gasteiger partial charge < -0.3 is 9.84 Å². The zero-order chi connectivity index (χ0) is 11.6. The van der Waals surface area contributed by atoms with E-state index in [1.54, 1.807) is 0 Å². The van der Waals surface area contributed by atoms with E-state index in [0.29, 0.717) is 13.2 Å². The molecule has 1 N–H and O–H groups in total. The van der Waals surface area contributed by atoms with E-state index < -0.39 is 5.60 Å². The van der Waals surface area contributed by atoms with Crippen LogP contribution >= 0.6 is 0 Å². The summed E-state index contributed by atoms with van der Waals surface area (Å²) >= 11 is 0. The molecule has 1 heterocycles. The van der Waals surface area contributed by atoms with Crippen LogP contribution in [-0.4, -0.2) is 23.9 Å². The third kappa shape index (κ3) is 2.63. The highest BCUT2D eigenvalue weighted by atomic mass is 16.5. The third-order valence-electron chi connectivity index (χ3n) is 3.45. The summed E-state index contributed by atoms with van der Waals surface area (Å²) in [5, 5.41) is 10.5. The van der Waals surface area contributed by atoms with Crippen molar-refractivity contribution in [1.29, 1.82) is 0 Å². The monoisotopic (exact) mass is 220 g/mol. The zero-order valence-corrected chi connectivity index (χ0v) is 10.1. The Bertz CT molecular complexity index is 365. The molecule has 1 aliphatic heterocycles. The molecule has 88 valence electrons. The van der Waals surface area contributed by atoms with E-state index in [2.05, 4.69) is 32.0 Å². The predicted molar refractivity (Wildman–Crippen MR) is 64.6 cm³/mol. The molecular weight excluding hydrogens is 200 g/mol. The fourth-order valence-corrected chi connectivity index (χ4v) is 2.27. The number of benzene rings is 1. The smallest absolute Gasteiger partial charge is 0.0731 e. The Morgan fingerprint density at radius 2 is 1.94 bits per heavy atom. The Morgan fingerprint density at radius 1 is 1.25 bits per heavy atom. The van der Waals surface area contributed by atoms with E-state index >= 15 is 0 Å². The van der Waals surface area contributed by atoms with Gasteiger partial charge in [0.05, 0.1) is 5.60 Å². The minimum atomic E-state index is -0.559. The van der Waals surface area contributed by atoms with Crippen molar-refractivity contribution < 1.29 is 9.84 Å². The summed E-state index contributed by atoms with van der Waals surface area (Å²) < 4.78 is 5.30. The average molecular weight is 220 g/mol. The summed E-state index contributed by atoms with van der Waals surface area (Å²) in [4.78, 5) is 0. The molecule has 2 nitrogen and oxygen atoms in total. The van der Waals surface area contributed by atoms with Gasteiger partial charge in [-0.1, -0.05) is 23.8 Å². The molecule has 0 atom stereocenters. The Balaban J connectivity index is 2.15. The highest BCUT2D eigenvalue weighted by Gasteiger charge is 2.30. The lowest BCUT2D eigenvalue weighted by atomic mass is 9.85. The minimum absolute atomic E-state index is 0.559. The van der Waals surface area contributed by atoms with Gasteiger partial charge in [0.15, 0.2) is 0 Å². The van der Waals surface area contributed by atoms with Gasteiger partial charge in [-0.05, 0) is 37.8 Å². The van der Waals surface area contributed by atoms with Crippen LogP contribution in [0.15, 0.2) is 18.2 Å². The van der Waals surface area contributed by atoms with Crippen molar-refractivity contribution >= 4 is 0 Å². The summed E-state index contributed by atoms with van der Waals surface area (Å²) in [5.74, 6) is 0. The van der Waals surface area contributed by atoms with Crippen molar-refractivity contribution in [1.82, 2.24) is 0 Å². The van der Waals surface area contributed by atoms with Gasteiger partial charge in [0, 0.05) is 19.6 Å². The molecule has 1 aromatic carbocycles. The van der Waals surface area contributed by atoms with Crippen molar-refractivity contribution in [3.8, 4) is 0 Å². The summed E-state index contributed by atoms with van der Waals surface area (Å²) in [6.45, 7) is 5.57. The molecule has 0 saturated carbocycles. The number of rotatable bonds is 2. The molecule has 1 aliphatic rings. The molecule has 0 amide bonds. The maximum absolute atomic E-state index is 10.5. The molecule has 1 fully saturated rings. The molecule has 16 heavy (non-hydrogen) atoms. The first-order chi connectivity index (χ1) is 7.59. The zero-order valence-electron chi connectivity index (χ0n) is 10.1. The fourth-order valence-electron chi connectivity index (χ4n) is 2.27. The van der Waals surface area contributed by atoms with Gasteiger partial charge in [-0.2, -0.15) is 0 Å². The Hall–Kier alpha value is -0.860. The largest absolute Gasteiger partial charge is 0.389 e. The standard InChI is InChI=1S/C14H20O2/c1-11-3-4-12(2)13(9-11)10-14(15)5-7-16-8-6-14/h3-4,9,15H,5-8,10H2,1-2H3. The average Bonchev–Trinajstić information content (AvgIpc) is 2.24. The van der Waals surface area contributed by atoms with Gasteiger partial charge in [-0.25, -0.2) is 0 Å². The molecule has 0 bridgehead atoms. The Kier molecular flexibility index (Phi) is 3.31. The molecule has 0 unspecified atom stereocenters. The quantitative estimate of drug-likeness (QED) is 0.829. The van der Waals surface area contributed by atoms with Gasteiger partial charge in [0.1, 0.15) is 0 Å². The van der Waals surface area contributed by atoms with Crippen LogP contribution in [0.2, 0.25) is 0 Å². The normalized spacial score (nSPS) is 19.7. The van der Waals surface area contributed by atoms with E-state index in [4.69, 9.17) is 4.74 Å². The van der Waals surface area contributed by atoms with Crippen LogP contribution < -0.4 is 0 Å². The van der Waals surface area contributed by atoms with Crippen LogP contribution in [0, 0.1) is 13.8 Å². The molecule has 0 aromatic heterocycles. The van der Waals surface area contributed by atoms with Crippen LogP contribution in [0.5, 0.6) is 0 Å². The Morgan fingerprint density at radius 3 is 2.62 bits per heavy atom. The lowest BCUT2D eigenvalue weighted by molar-refractivity contribution is -0.0626. The first-order valence-corrected chi connectivity index (χ1v) is 5.95. The van der Waals surface area contributed by atoms with Gasteiger partial charge in [-0.15, -0.1) is 0 Å². The highest BCUT2D eigenvalue weighted by Crippen LogP contribution is 2.26. The molecule has 0 spiro atoms. The number of ether oxygens (including phenoxy) is 1. The van der Waals surface area contributed by atoms with Crippen LogP contribution in [0.1, 0.15) is 29.5 Å². The van der Waals surface area contributed by atoms with Crippen molar-refractivity contribution in [3.05, 3.63) is 34.9 Å². The van der Waals surface area contributed by atoms with Crippen molar-refractivity contribution in [2.45, 2.75) is 38.7 Å². The molecule has 2 heteroatoms. The maximum Gasteiger partial charge on any atom is 0.0731 e. The van der Waals surface area contributed by atoms with Gasteiger partial charge in [-0.3, -0.25) is 0 Å². The van der Waals surface area contributed by atoms with Crippen LogP contribution in [-0.2, 0) is 11.2 Å².